The molecule has 88 valence electrons. The average molecular weight is 241 g/mol. The van der Waals surface area contributed by atoms with Crippen LogP contribution in [-0.4, -0.2) is 33.9 Å². The zero-order chi connectivity index (χ0) is 11.6. The summed E-state index contributed by atoms with van der Waals surface area (Å²) in [4.78, 5) is 0.349. The number of anilines is 1. The van der Waals surface area contributed by atoms with Gasteiger partial charge in [0, 0.05) is 12.9 Å². The van der Waals surface area contributed by atoms with Crippen molar-refractivity contribution in [1.82, 2.24) is 0 Å². The first-order valence-electron chi connectivity index (χ1n) is 5.21. The van der Waals surface area contributed by atoms with E-state index in [4.69, 9.17) is 4.74 Å². The van der Waals surface area contributed by atoms with E-state index in [1.807, 2.05) is 6.07 Å². The third kappa shape index (κ3) is 2.54. The zero-order valence-electron chi connectivity index (χ0n) is 9.14. The Hall–Kier alpha value is -1.07. The summed E-state index contributed by atoms with van der Waals surface area (Å²) in [6.07, 6.45) is 2.14. The smallest absolute Gasteiger partial charge is 0.177 e. The Labute approximate surface area is 95.5 Å². The molecule has 0 bridgehead atoms. The minimum Gasteiger partial charge on any atom is -0.379 e. The van der Waals surface area contributed by atoms with Crippen molar-refractivity contribution in [3.8, 4) is 0 Å². The van der Waals surface area contributed by atoms with Crippen LogP contribution in [0.2, 0.25) is 0 Å². The van der Waals surface area contributed by atoms with Gasteiger partial charge < -0.3 is 10.1 Å². The maximum atomic E-state index is 11.6. The van der Waals surface area contributed by atoms with Crippen LogP contribution in [0.25, 0.3) is 0 Å². The monoisotopic (exact) mass is 241 g/mol. The lowest BCUT2D eigenvalue weighted by Crippen LogP contribution is -2.20. The lowest BCUT2D eigenvalue weighted by Gasteiger charge is -2.14. The van der Waals surface area contributed by atoms with Gasteiger partial charge in [0.05, 0.1) is 23.2 Å². The second kappa shape index (κ2) is 4.43. The molecule has 1 aromatic carbocycles. The Bertz CT molecular complexity index is 464. The highest BCUT2D eigenvalue weighted by molar-refractivity contribution is 7.90. The van der Waals surface area contributed by atoms with Gasteiger partial charge in [-0.2, -0.15) is 0 Å². The molecule has 1 fully saturated rings. The summed E-state index contributed by atoms with van der Waals surface area (Å²) in [5.74, 6) is 0. The van der Waals surface area contributed by atoms with Gasteiger partial charge in [-0.1, -0.05) is 12.1 Å². The molecule has 1 N–H and O–H groups in total. The molecule has 1 heterocycles. The van der Waals surface area contributed by atoms with Crippen molar-refractivity contribution in [1.29, 1.82) is 0 Å². The van der Waals surface area contributed by atoms with Crippen molar-refractivity contribution in [3.05, 3.63) is 24.3 Å². The topological polar surface area (TPSA) is 55.4 Å². The minimum absolute atomic E-state index is 0.211. The van der Waals surface area contributed by atoms with Gasteiger partial charge in [0.25, 0.3) is 0 Å². The van der Waals surface area contributed by atoms with E-state index in [1.165, 1.54) is 6.26 Å². The Morgan fingerprint density at radius 3 is 2.75 bits per heavy atom. The quantitative estimate of drug-likeness (QED) is 0.866. The Kier molecular flexibility index (Phi) is 3.16. The number of nitrogens with one attached hydrogen (secondary N) is 1. The first kappa shape index (κ1) is 11.4. The van der Waals surface area contributed by atoms with Gasteiger partial charge >= 0.3 is 0 Å². The van der Waals surface area contributed by atoms with Crippen molar-refractivity contribution in [2.45, 2.75) is 17.4 Å². The molecule has 2 rings (SSSR count). The minimum atomic E-state index is -3.18. The van der Waals surface area contributed by atoms with Crippen LogP contribution >= 0.6 is 0 Å². The van der Waals surface area contributed by atoms with E-state index in [1.54, 1.807) is 18.2 Å². The van der Waals surface area contributed by atoms with Crippen molar-refractivity contribution < 1.29 is 13.2 Å². The lowest BCUT2D eigenvalue weighted by molar-refractivity contribution is 0.195. The summed E-state index contributed by atoms with van der Waals surface area (Å²) in [6, 6.07) is 7.17. The van der Waals surface area contributed by atoms with Crippen LogP contribution in [0.3, 0.4) is 0 Å². The SMILES string of the molecule is CS(=O)(=O)c1ccccc1NC1CCOC1. The predicted molar refractivity (Wildman–Crippen MR) is 62.4 cm³/mol. The van der Waals surface area contributed by atoms with Crippen LogP contribution in [0, 0.1) is 0 Å². The van der Waals surface area contributed by atoms with Crippen molar-refractivity contribution in [3.63, 3.8) is 0 Å². The van der Waals surface area contributed by atoms with E-state index in [-0.39, 0.29) is 6.04 Å². The summed E-state index contributed by atoms with van der Waals surface area (Å²) in [5.41, 5.74) is 0.667. The zero-order valence-corrected chi connectivity index (χ0v) is 9.96. The maximum absolute atomic E-state index is 11.6. The molecule has 16 heavy (non-hydrogen) atoms. The van der Waals surface area contributed by atoms with E-state index in [2.05, 4.69) is 5.32 Å². The lowest BCUT2D eigenvalue weighted by atomic mass is 10.2. The molecule has 0 amide bonds. The molecule has 1 aliphatic rings. The molecule has 1 aliphatic heterocycles. The van der Waals surface area contributed by atoms with E-state index >= 15 is 0 Å². The molecule has 0 saturated carbocycles. The first-order chi connectivity index (χ1) is 7.57. The molecule has 1 saturated heterocycles. The van der Waals surface area contributed by atoms with Crippen LogP contribution in [0.4, 0.5) is 5.69 Å². The van der Waals surface area contributed by atoms with Gasteiger partial charge in [-0.05, 0) is 18.6 Å². The highest BCUT2D eigenvalue weighted by Crippen LogP contribution is 2.22. The van der Waals surface area contributed by atoms with Crippen LogP contribution in [0.1, 0.15) is 6.42 Å². The van der Waals surface area contributed by atoms with Crippen molar-refractivity contribution in [2.75, 3.05) is 24.8 Å². The van der Waals surface area contributed by atoms with E-state index in [0.29, 0.717) is 17.2 Å². The van der Waals surface area contributed by atoms with Crippen molar-refractivity contribution >= 4 is 15.5 Å². The molecule has 5 heteroatoms. The average Bonchev–Trinajstić information content (AvgIpc) is 2.70. The molecule has 0 aromatic heterocycles. The van der Waals surface area contributed by atoms with Crippen LogP contribution in [0.15, 0.2) is 29.2 Å². The van der Waals surface area contributed by atoms with E-state index < -0.39 is 9.84 Å². The van der Waals surface area contributed by atoms with Crippen LogP contribution < -0.4 is 5.32 Å². The molecule has 4 nitrogen and oxygen atoms in total. The first-order valence-corrected chi connectivity index (χ1v) is 7.10. The molecular formula is C11H15NO3S. The Morgan fingerprint density at radius 1 is 1.38 bits per heavy atom. The standard InChI is InChI=1S/C11H15NO3S/c1-16(13,14)11-5-3-2-4-10(11)12-9-6-7-15-8-9/h2-5,9,12H,6-8H2,1H3. The van der Waals surface area contributed by atoms with Crippen LogP contribution in [-0.2, 0) is 14.6 Å². The van der Waals surface area contributed by atoms with Crippen molar-refractivity contribution in [2.24, 2.45) is 0 Å². The summed E-state index contributed by atoms with van der Waals surface area (Å²) in [7, 11) is -3.18. The highest BCUT2D eigenvalue weighted by Gasteiger charge is 2.19. The number of rotatable bonds is 3. The second-order valence-electron chi connectivity index (χ2n) is 3.97. The molecule has 1 unspecified atom stereocenters. The molecule has 0 aliphatic carbocycles. The van der Waals surface area contributed by atoms with Gasteiger partial charge in [0.1, 0.15) is 0 Å². The summed E-state index contributed by atoms with van der Waals surface area (Å²) < 4.78 is 28.4. The van der Waals surface area contributed by atoms with E-state index in [9.17, 15) is 8.42 Å². The number of hydrogen-bond donors (Lipinski definition) is 1. The fourth-order valence-electron chi connectivity index (χ4n) is 1.78. The molecule has 0 spiro atoms. The number of sulfone groups is 1. The summed E-state index contributed by atoms with van der Waals surface area (Å²) >= 11 is 0. The predicted octanol–water partition coefficient (Wildman–Crippen LogP) is 1.29. The fourth-order valence-corrected chi connectivity index (χ4v) is 2.63. The molecular weight excluding hydrogens is 226 g/mol. The normalized spacial score (nSPS) is 20.9. The molecule has 0 radical (unpaired) electrons. The Balaban J connectivity index is 2.26. The van der Waals surface area contributed by atoms with Crippen LogP contribution in [0.5, 0.6) is 0 Å². The second-order valence-corrected chi connectivity index (χ2v) is 5.96. The van der Waals surface area contributed by atoms with Gasteiger partial charge in [-0.3, -0.25) is 0 Å². The van der Waals surface area contributed by atoms with E-state index in [0.717, 1.165) is 13.0 Å². The highest BCUT2D eigenvalue weighted by atomic mass is 32.2. The number of ether oxygens (including phenoxy) is 1. The number of benzene rings is 1. The molecule has 1 atom stereocenters. The maximum Gasteiger partial charge on any atom is 0.177 e. The third-order valence-corrected chi connectivity index (χ3v) is 3.73. The van der Waals surface area contributed by atoms with Gasteiger partial charge in [-0.15, -0.1) is 0 Å². The molecule has 1 aromatic rings. The summed E-state index contributed by atoms with van der Waals surface area (Å²) in [5, 5.41) is 3.21. The largest absolute Gasteiger partial charge is 0.379 e. The number of para-hydroxylation sites is 1. The number of hydrogen-bond acceptors (Lipinski definition) is 4. The third-order valence-electron chi connectivity index (χ3n) is 2.58. The fraction of sp³-hybridized carbons (Fsp3) is 0.455. The Morgan fingerprint density at radius 2 is 2.12 bits per heavy atom. The van der Waals surface area contributed by atoms with Gasteiger partial charge in [-0.25, -0.2) is 8.42 Å². The summed E-state index contributed by atoms with van der Waals surface area (Å²) in [6.45, 7) is 1.37. The van der Waals surface area contributed by atoms with Gasteiger partial charge in [0.15, 0.2) is 9.84 Å². The van der Waals surface area contributed by atoms with Gasteiger partial charge in [0.2, 0.25) is 0 Å².